The highest BCUT2D eigenvalue weighted by molar-refractivity contribution is 5.02. The standard InChI is InChI=1S/C13H21N/c1-11-5-7-13(10-14,8-6-11)9-12-3-2-4-12/h11-12H,2-9H2,1H3. The van der Waals surface area contributed by atoms with Gasteiger partial charge in [-0.2, -0.15) is 5.26 Å². The molecule has 0 aromatic heterocycles. The lowest BCUT2D eigenvalue weighted by Gasteiger charge is -2.38. The third-order valence-corrected chi connectivity index (χ3v) is 4.37. The molecule has 0 heterocycles. The Morgan fingerprint density at radius 3 is 2.29 bits per heavy atom. The molecular formula is C13H21N. The molecule has 2 aliphatic carbocycles. The minimum Gasteiger partial charge on any atom is -0.198 e. The van der Waals surface area contributed by atoms with Gasteiger partial charge in [0.05, 0.1) is 11.5 Å². The van der Waals surface area contributed by atoms with E-state index in [1.807, 2.05) is 0 Å². The highest BCUT2D eigenvalue weighted by Gasteiger charge is 2.37. The molecule has 0 amide bonds. The molecule has 2 fully saturated rings. The Kier molecular flexibility index (Phi) is 2.81. The van der Waals surface area contributed by atoms with Gasteiger partial charge in [0.1, 0.15) is 0 Å². The molecule has 0 unspecified atom stereocenters. The lowest BCUT2D eigenvalue weighted by Crippen LogP contribution is -2.30. The van der Waals surface area contributed by atoms with E-state index in [0.29, 0.717) is 0 Å². The average Bonchev–Trinajstić information content (AvgIpc) is 2.15. The summed E-state index contributed by atoms with van der Waals surface area (Å²) in [6.07, 6.45) is 10.3. The van der Waals surface area contributed by atoms with Crippen LogP contribution in [0.3, 0.4) is 0 Å². The molecule has 0 aromatic carbocycles. The van der Waals surface area contributed by atoms with Gasteiger partial charge in [-0.25, -0.2) is 0 Å². The zero-order valence-electron chi connectivity index (χ0n) is 9.26. The molecule has 1 heteroatoms. The second-order valence-corrected chi connectivity index (χ2v) is 5.58. The minimum absolute atomic E-state index is 0.0809. The Bertz CT molecular complexity index is 226. The molecule has 0 atom stereocenters. The molecular weight excluding hydrogens is 170 g/mol. The maximum absolute atomic E-state index is 9.35. The summed E-state index contributed by atoms with van der Waals surface area (Å²) in [6.45, 7) is 2.32. The van der Waals surface area contributed by atoms with Gasteiger partial charge in [-0.3, -0.25) is 0 Å². The van der Waals surface area contributed by atoms with Crippen LogP contribution in [0.2, 0.25) is 0 Å². The van der Waals surface area contributed by atoms with Crippen molar-refractivity contribution in [3.63, 3.8) is 0 Å². The van der Waals surface area contributed by atoms with Gasteiger partial charge < -0.3 is 0 Å². The van der Waals surface area contributed by atoms with E-state index in [1.54, 1.807) is 0 Å². The summed E-state index contributed by atoms with van der Waals surface area (Å²) in [7, 11) is 0. The van der Waals surface area contributed by atoms with E-state index in [-0.39, 0.29) is 5.41 Å². The number of rotatable bonds is 2. The molecule has 78 valence electrons. The molecule has 0 radical (unpaired) electrons. The van der Waals surface area contributed by atoms with Crippen molar-refractivity contribution in [1.82, 2.24) is 0 Å². The van der Waals surface area contributed by atoms with Crippen molar-refractivity contribution in [3.05, 3.63) is 0 Å². The van der Waals surface area contributed by atoms with Gasteiger partial charge >= 0.3 is 0 Å². The highest BCUT2D eigenvalue weighted by atomic mass is 14.4. The second-order valence-electron chi connectivity index (χ2n) is 5.58. The highest BCUT2D eigenvalue weighted by Crippen LogP contribution is 2.46. The summed E-state index contributed by atoms with van der Waals surface area (Å²) in [5, 5.41) is 9.35. The van der Waals surface area contributed by atoms with Crippen LogP contribution < -0.4 is 0 Å². The summed E-state index contributed by atoms with van der Waals surface area (Å²) < 4.78 is 0. The third kappa shape index (κ3) is 1.95. The van der Waals surface area contributed by atoms with E-state index in [9.17, 15) is 5.26 Å². The van der Waals surface area contributed by atoms with Crippen LogP contribution in [0.4, 0.5) is 0 Å². The van der Waals surface area contributed by atoms with E-state index >= 15 is 0 Å². The Morgan fingerprint density at radius 2 is 1.86 bits per heavy atom. The first-order chi connectivity index (χ1) is 6.74. The van der Waals surface area contributed by atoms with Gasteiger partial charge in [-0.05, 0) is 43.9 Å². The van der Waals surface area contributed by atoms with E-state index in [2.05, 4.69) is 13.0 Å². The van der Waals surface area contributed by atoms with Crippen LogP contribution in [0.25, 0.3) is 0 Å². The zero-order valence-corrected chi connectivity index (χ0v) is 9.26. The fourth-order valence-electron chi connectivity index (χ4n) is 2.93. The quantitative estimate of drug-likeness (QED) is 0.649. The molecule has 0 aromatic rings. The Balaban J connectivity index is 1.92. The third-order valence-electron chi connectivity index (χ3n) is 4.37. The first kappa shape index (κ1) is 10.0. The molecule has 0 aliphatic heterocycles. The predicted octanol–water partition coefficient (Wildman–Crippen LogP) is 3.90. The predicted molar refractivity (Wildman–Crippen MR) is 57.6 cm³/mol. The average molecular weight is 191 g/mol. The van der Waals surface area contributed by atoms with Crippen LogP contribution in [0.1, 0.15) is 58.3 Å². The Hall–Kier alpha value is -0.510. The largest absolute Gasteiger partial charge is 0.198 e. The molecule has 2 saturated carbocycles. The van der Waals surface area contributed by atoms with Crippen molar-refractivity contribution in [2.24, 2.45) is 17.3 Å². The van der Waals surface area contributed by atoms with Gasteiger partial charge in [0.15, 0.2) is 0 Å². The van der Waals surface area contributed by atoms with Crippen LogP contribution in [0, 0.1) is 28.6 Å². The van der Waals surface area contributed by atoms with Crippen LogP contribution in [0.5, 0.6) is 0 Å². The minimum atomic E-state index is 0.0809. The van der Waals surface area contributed by atoms with Crippen LogP contribution in [0.15, 0.2) is 0 Å². The molecule has 2 rings (SSSR count). The van der Waals surface area contributed by atoms with Crippen LogP contribution in [-0.2, 0) is 0 Å². The van der Waals surface area contributed by atoms with E-state index < -0.39 is 0 Å². The van der Waals surface area contributed by atoms with Crippen molar-refractivity contribution in [2.75, 3.05) is 0 Å². The summed E-state index contributed by atoms with van der Waals surface area (Å²) in [6, 6.07) is 2.64. The topological polar surface area (TPSA) is 23.8 Å². The Labute approximate surface area is 87.5 Å². The number of hydrogen-bond donors (Lipinski definition) is 0. The number of nitriles is 1. The monoisotopic (exact) mass is 191 g/mol. The Morgan fingerprint density at radius 1 is 1.21 bits per heavy atom. The van der Waals surface area contributed by atoms with Crippen molar-refractivity contribution in [3.8, 4) is 6.07 Å². The van der Waals surface area contributed by atoms with E-state index in [1.165, 1.54) is 51.4 Å². The van der Waals surface area contributed by atoms with Crippen LogP contribution in [-0.4, -0.2) is 0 Å². The second kappa shape index (κ2) is 3.93. The number of nitrogens with zero attached hydrogens (tertiary/aromatic N) is 1. The van der Waals surface area contributed by atoms with E-state index in [0.717, 1.165) is 11.8 Å². The van der Waals surface area contributed by atoms with Gasteiger partial charge in [-0.1, -0.05) is 26.2 Å². The lowest BCUT2D eigenvalue weighted by molar-refractivity contribution is 0.142. The normalized spacial score (nSPS) is 38.7. The smallest absolute Gasteiger partial charge is 0.0689 e. The van der Waals surface area contributed by atoms with Crippen LogP contribution >= 0.6 is 0 Å². The summed E-state index contributed by atoms with van der Waals surface area (Å²) >= 11 is 0. The first-order valence-electron chi connectivity index (χ1n) is 6.15. The molecule has 0 N–H and O–H groups in total. The molecule has 1 nitrogen and oxygen atoms in total. The van der Waals surface area contributed by atoms with Gasteiger partial charge in [0, 0.05) is 0 Å². The van der Waals surface area contributed by atoms with Crippen molar-refractivity contribution in [2.45, 2.75) is 58.3 Å². The molecule has 14 heavy (non-hydrogen) atoms. The lowest BCUT2D eigenvalue weighted by atomic mass is 9.64. The maximum atomic E-state index is 9.35. The fraction of sp³-hybridized carbons (Fsp3) is 0.923. The van der Waals surface area contributed by atoms with Gasteiger partial charge in [0.2, 0.25) is 0 Å². The molecule has 0 spiro atoms. The summed E-state index contributed by atoms with van der Waals surface area (Å²) in [4.78, 5) is 0. The maximum Gasteiger partial charge on any atom is 0.0689 e. The van der Waals surface area contributed by atoms with Gasteiger partial charge in [0.25, 0.3) is 0 Å². The molecule has 0 bridgehead atoms. The summed E-state index contributed by atoms with van der Waals surface area (Å²) in [5.41, 5.74) is 0.0809. The molecule has 0 saturated heterocycles. The van der Waals surface area contributed by atoms with Crippen molar-refractivity contribution < 1.29 is 0 Å². The first-order valence-corrected chi connectivity index (χ1v) is 6.15. The van der Waals surface area contributed by atoms with Crippen molar-refractivity contribution >= 4 is 0 Å². The van der Waals surface area contributed by atoms with Crippen molar-refractivity contribution in [1.29, 1.82) is 5.26 Å². The zero-order chi connectivity index (χ0) is 10.0. The summed E-state index contributed by atoms with van der Waals surface area (Å²) in [5.74, 6) is 1.75. The number of hydrogen-bond acceptors (Lipinski definition) is 1. The van der Waals surface area contributed by atoms with Gasteiger partial charge in [-0.15, -0.1) is 0 Å². The SMILES string of the molecule is CC1CCC(C#N)(CC2CCC2)CC1. The molecule has 2 aliphatic rings. The fourth-order valence-corrected chi connectivity index (χ4v) is 2.93. The van der Waals surface area contributed by atoms with E-state index in [4.69, 9.17) is 0 Å².